The van der Waals surface area contributed by atoms with Gasteiger partial charge in [-0.1, -0.05) is 146 Å². The molecule has 0 atom stereocenters. The van der Waals surface area contributed by atoms with Gasteiger partial charge in [0.2, 0.25) is 0 Å². The zero-order valence-corrected chi connectivity index (χ0v) is 33.7. The highest BCUT2D eigenvalue weighted by Gasteiger charge is 2.44. The van der Waals surface area contributed by atoms with E-state index in [1.165, 1.54) is 72.5 Å². The van der Waals surface area contributed by atoms with Gasteiger partial charge in [-0.25, -0.2) is 0 Å². The SMILES string of the molecule is Cc1cccc(N2c3cc(C)ccc3B3c4cc(-c5ccccc5)ccc4N(c4ccc(-c5ccccc5)cc4)c4cc(N(c5ccccc5)c5ccccc5)cc2c43)c1. The zero-order chi connectivity index (χ0) is 40.2. The van der Waals surface area contributed by atoms with Crippen LogP contribution in [0.15, 0.2) is 218 Å². The van der Waals surface area contributed by atoms with Crippen LogP contribution in [0.4, 0.5) is 51.2 Å². The Bertz CT molecular complexity index is 2960. The molecule has 0 bridgehead atoms. The van der Waals surface area contributed by atoms with Crippen LogP contribution in [0, 0.1) is 13.8 Å². The first-order valence-electron chi connectivity index (χ1n) is 20.8. The highest BCUT2D eigenvalue weighted by Crippen LogP contribution is 2.48. The van der Waals surface area contributed by atoms with E-state index in [0.717, 1.165) is 28.4 Å². The first-order chi connectivity index (χ1) is 29.6. The van der Waals surface area contributed by atoms with Gasteiger partial charge in [-0.15, -0.1) is 0 Å². The molecule has 284 valence electrons. The van der Waals surface area contributed by atoms with E-state index in [1.54, 1.807) is 0 Å². The van der Waals surface area contributed by atoms with Crippen molar-refractivity contribution in [3.8, 4) is 22.3 Å². The van der Waals surface area contributed by atoms with Crippen molar-refractivity contribution in [3.63, 3.8) is 0 Å². The Hall–Kier alpha value is -7.56. The summed E-state index contributed by atoms with van der Waals surface area (Å²) in [5.74, 6) is 0. The molecular formula is C56H42BN3. The van der Waals surface area contributed by atoms with Crippen LogP contribution in [0.5, 0.6) is 0 Å². The monoisotopic (exact) mass is 767 g/mol. The molecule has 0 N–H and O–H groups in total. The van der Waals surface area contributed by atoms with Crippen LogP contribution in [0.2, 0.25) is 0 Å². The molecule has 0 radical (unpaired) electrons. The maximum Gasteiger partial charge on any atom is 0.252 e. The maximum absolute atomic E-state index is 2.52. The van der Waals surface area contributed by atoms with Crippen molar-refractivity contribution in [1.82, 2.24) is 0 Å². The molecule has 11 rings (SSSR count). The first kappa shape index (κ1) is 35.6. The Kier molecular flexibility index (Phi) is 8.71. The second kappa shape index (κ2) is 14.7. The van der Waals surface area contributed by atoms with E-state index in [0.29, 0.717) is 0 Å². The quantitative estimate of drug-likeness (QED) is 0.150. The van der Waals surface area contributed by atoms with E-state index in [4.69, 9.17) is 0 Å². The summed E-state index contributed by atoms with van der Waals surface area (Å²) in [6.07, 6.45) is 0. The van der Waals surface area contributed by atoms with Crippen molar-refractivity contribution in [2.24, 2.45) is 0 Å². The molecule has 0 aliphatic carbocycles. The molecule has 0 spiro atoms. The molecule has 3 nitrogen and oxygen atoms in total. The summed E-state index contributed by atoms with van der Waals surface area (Å²) in [5, 5.41) is 0. The average molecular weight is 768 g/mol. The number of nitrogens with zero attached hydrogens (tertiary/aromatic N) is 3. The maximum atomic E-state index is 2.52. The van der Waals surface area contributed by atoms with E-state index in [2.05, 4.69) is 247 Å². The molecule has 2 aliphatic heterocycles. The van der Waals surface area contributed by atoms with Crippen molar-refractivity contribution in [3.05, 3.63) is 230 Å². The fourth-order valence-electron chi connectivity index (χ4n) is 9.39. The molecule has 0 unspecified atom stereocenters. The van der Waals surface area contributed by atoms with Gasteiger partial charge in [-0.05, 0) is 136 Å². The van der Waals surface area contributed by atoms with E-state index in [1.807, 2.05) is 0 Å². The number of para-hydroxylation sites is 2. The topological polar surface area (TPSA) is 9.72 Å². The van der Waals surface area contributed by atoms with Gasteiger partial charge in [-0.3, -0.25) is 0 Å². The molecular weight excluding hydrogens is 725 g/mol. The highest BCUT2D eigenvalue weighted by atomic mass is 15.2. The fraction of sp³-hybridized carbons (Fsp3) is 0.0357. The molecule has 60 heavy (non-hydrogen) atoms. The minimum absolute atomic E-state index is 0.0129. The van der Waals surface area contributed by atoms with Crippen molar-refractivity contribution < 1.29 is 0 Å². The van der Waals surface area contributed by atoms with E-state index in [-0.39, 0.29) is 6.71 Å². The fourth-order valence-corrected chi connectivity index (χ4v) is 9.39. The van der Waals surface area contributed by atoms with Crippen LogP contribution in [-0.2, 0) is 0 Å². The predicted molar refractivity (Wildman–Crippen MR) is 255 cm³/mol. The molecule has 2 heterocycles. The second-order valence-corrected chi connectivity index (χ2v) is 16.0. The summed E-state index contributed by atoms with van der Waals surface area (Å²) < 4.78 is 0. The number of fused-ring (bicyclic) bond motifs is 4. The van der Waals surface area contributed by atoms with Crippen molar-refractivity contribution in [1.29, 1.82) is 0 Å². The smallest absolute Gasteiger partial charge is 0.252 e. The number of benzene rings is 9. The summed E-state index contributed by atoms with van der Waals surface area (Å²) in [6.45, 7) is 4.39. The summed E-state index contributed by atoms with van der Waals surface area (Å²) in [6, 6.07) is 80.1. The van der Waals surface area contributed by atoms with Crippen LogP contribution in [0.25, 0.3) is 22.3 Å². The minimum atomic E-state index is -0.0129. The normalized spacial score (nSPS) is 12.4. The number of hydrogen-bond donors (Lipinski definition) is 0. The molecule has 9 aromatic rings. The van der Waals surface area contributed by atoms with Crippen LogP contribution in [-0.4, -0.2) is 6.71 Å². The van der Waals surface area contributed by atoms with Crippen LogP contribution in [0.1, 0.15) is 11.1 Å². The Morgan fingerprint density at radius 3 is 1.48 bits per heavy atom. The number of aryl methyl sites for hydroxylation is 2. The third-order valence-electron chi connectivity index (χ3n) is 12.1. The van der Waals surface area contributed by atoms with Gasteiger partial charge in [0.05, 0.1) is 5.69 Å². The summed E-state index contributed by atoms with van der Waals surface area (Å²) in [4.78, 5) is 7.43. The molecule has 4 heteroatoms. The molecule has 0 aromatic heterocycles. The van der Waals surface area contributed by atoms with Gasteiger partial charge < -0.3 is 14.7 Å². The molecule has 0 fully saturated rings. The lowest BCUT2D eigenvalue weighted by atomic mass is 9.33. The molecule has 0 amide bonds. The lowest BCUT2D eigenvalue weighted by molar-refractivity contribution is 1.22. The van der Waals surface area contributed by atoms with Crippen molar-refractivity contribution in [2.45, 2.75) is 13.8 Å². The van der Waals surface area contributed by atoms with E-state index >= 15 is 0 Å². The van der Waals surface area contributed by atoms with Crippen LogP contribution in [0.3, 0.4) is 0 Å². The van der Waals surface area contributed by atoms with Gasteiger partial charge in [0, 0.05) is 45.5 Å². The van der Waals surface area contributed by atoms with Gasteiger partial charge in [0.15, 0.2) is 0 Å². The highest BCUT2D eigenvalue weighted by molar-refractivity contribution is 7.00. The van der Waals surface area contributed by atoms with Crippen molar-refractivity contribution in [2.75, 3.05) is 14.7 Å². The predicted octanol–water partition coefficient (Wildman–Crippen LogP) is 13.2. The largest absolute Gasteiger partial charge is 0.311 e. The van der Waals surface area contributed by atoms with Gasteiger partial charge in [0.1, 0.15) is 0 Å². The number of anilines is 9. The Labute approximate surface area is 353 Å². The Balaban J connectivity index is 1.24. The first-order valence-corrected chi connectivity index (χ1v) is 20.8. The standard InChI is InChI=1S/C56H42BN3/c1-39-16-15-25-48(34-39)60-53-35-40(2)26-32-50(53)57-51-36-44(42-19-9-4-10-20-42)29-33-52(51)59(47-30-27-43(28-31-47)41-17-7-3-8-18-41)54-37-49(38-55(60)56(54)57)58(45-21-11-5-12-22-45)46-23-13-6-14-24-46/h3-38H,1-2H3. The van der Waals surface area contributed by atoms with Gasteiger partial charge in [-0.2, -0.15) is 0 Å². The molecule has 9 aromatic carbocycles. The van der Waals surface area contributed by atoms with Gasteiger partial charge in [0.25, 0.3) is 6.71 Å². The number of rotatable bonds is 7. The minimum Gasteiger partial charge on any atom is -0.311 e. The lowest BCUT2D eigenvalue weighted by Gasteiger charge is -2.45. The summed E-state index contributed by atoms with van der Waals surface area (Å²) in [5.41, 5.74) is 21.5. The zero-order valence-electron chi connectivity index (χ0n) is 33.7. The van der Waals surface area contributed by atoms with E-state index < -0.39 is 0 Å². The third-order valence-corrected chi connectivity index (χ3v) is 12.1. The lowest BCUT2D eigenvalue weighted by Crippen LogP contribution is -2.61. The van der Waals surface area contributed by atoms with Gasteiger partial charge >= 0.3 is 0 Å². The van der Waals surface area contributed by atoms with Crippen LogP contribution >= 0.6 is 0 Å². The average Bonchev–Trinajstić information content (AvgIpc) is 3.30. The van der Waals surface area contributed by atoms with Crippen molar-refractivity contribution >= 4 is 74.3 Å². The van der Waals surface area contributed by atoms with Crippen LogP contribution < -0.4 is 31.1 Å². The Morgan fingerprint density at radius 1 is 0.333 bits per heavy atom. The van der Waals surface area contributed by atoms with E-state index in [9.17, 15) is 0 Å². The third kappa shape index (κ3) is 6.08. The Morgan fingerprint density at radius 2 is 0.867 bits per heavy atom. The molecule has 0 saturated heterocycles. The molecule has 0 saturated carbocycles. The summed E-state index contributed by atoms with van der Waals surface area (Å²) in [7, 11) is 0. The molecule has 2 aliphatic rings. The summed E-state index contributed by atoms with van der Waals surface area (Å²) >= 11 is 0. The second-order valence-electron chi connectivity index (χ2n) is 16.0. The number of hydrogen-bond acceptors (Lipinski definition) is 3.